The van der Waals surface area contributed by atoms with Crippen LogP contribution in [0.3, 0.4) is 0 Å². The van der Waals surface area contributed by atoms with Gasteiger partial charge in [-0.25, -0.2) is 0 Å². The first-order valence-electron chi connectivity index (χ1n) is 8.70. The van der Waals surface area contributed by atoms with Gasteiger partial charge in [-0.2, -0.15) is 8.42 Å². The minimum Gasteiger partial charge on any atom is -0.355 e. The van der Waals surface area contributed by atoms with Gasteiger partial charge < -0.3 is 10.2 Å². The fourth-order valence-corrected chi connectivity index (χ4v) is 4.93. The number of hydrogen-bond donors (Lipinski definition) is 1. The van der Waals surface area contributed by atoms with Crippen LogP contribution in [-0.4, -0.2) is 38.2 Å². The van der Waals surface area contributed by atoms with Crippen LogP contribution >= 0.6 is 11.6 Å². The third-order valence-electron chi connectivity index (χ3n) is 4.80. The molecular formula is C19H18ClN3O3S. The van der Waals surface area contributed by atoms with Crippen LogP contribution in [0.1, 0.15) is 18.4 Å². The molecule has 1 atom stereocenters. The highest BCUT2D eigenvalue weighted by Crippen LogP contribution is 2.30. The molecule has 0 aromatic heterocycles. The maximum atomic E-state index is 12.7. The van der Waals surface area contributed by atoms with Crippen LogP contribution < -0.4 is 5.32 Å². The van der Waals surface area contributed by atoms with E-state index in [0.29, 0.717) is 35.2 Å². The molecule has 2 aliphatic heterocycles. The van der Waals surface area contributed by atoms with E-state index in [0.717, 1.165) is 12.8 Å². The van der Waals surface area contributed by atoms with E-state index in [1.54, 1.807) is 48.5 Å². The van der Waals surface area contributed by atoms with Crippen LogP contribution in [0.25, 0.3) is 0 Å². The lowest BCUT2D eigenvalue weighted by Gasteiger charge is -2.33. The highest BCUT2D eigenvalue weighted by Gasteiger charge is 2.35. The molecule has 8 heteroatoms. The number of halogens is 1. The number of anilines is 1. The number of nitrogens with zero attached hydrogens (tertiary/aromatic N) is 2. The molecule has 0 spiro atoms. The minimum absolute atomic E-state index is 0.100. The van der Waals surface area contributed by atoms with E-state index in [-0.39, 0.29) is 16.7 Å². The normalized spacial score (nSPS) is 20.7. The van der Waals surface area contributed by atoms with Crippen LogP contribution in [0.2, 0.25) is 5.02 Å². The van der Waals surface area contributed by atoms with Crippen molar-refractivity contribution in [3.8, 4) is 0 Å². The van der Waals surface area contributed by atoms with Crippen molar-refractivity contribution < 1.29 is 13.2 Å². The van der Waals surface area contributed by atoms with Crippen LogP contribution in [0.15, 0.2) is 57.8 Å². The highest BCUT2D eigenvalue weighted by molar-refractivity contribution is 7.90. The van der Waals surface area contributed by atoms with Crippen molar-refractivity contribution in [2.24, 2.45) is 10.3 Å². The quantitative estimate of drug-likeness (QED) is 0.835. The lowest BCUT2D eigenvalue weighted by molar-refractivity contribution is -0.121. The van der Waals surface area contributed by atoms with Crippen molar-refractivity contribution >= 4 is 39.1 Å². The molecule has 0 unspecified atom stereocenters. The molecule has 2 aliphatic rings. The number of sulfonamides is 1. The minimum atomic E-state index is -3.66. The molecule has 1 saturated heterocycles. The number of hydrogen-bond acceptors (Lipinski definition) is 4. The zero-order chi connectivity index (χ0) is 19.0. The van der Waals surface area contributed by atoms with Gasteiger partial charge in [-0.05, 0) is 43.2 Å². The smallest absolute Gasteiger partial charge is 0.285 e. The van der Waals surface area contributed by atoms with Gasteiger partial charge >= 0.3 is 0 Å². The third-order valence-corrected chi connectivity index (χ3v) is 6.36. The third kappa shape index (κ3) is 3.57. The number of likely N-dealkylation sites (tertiary alicyclic amines) is 1. The van der Waals surface area contributed by atoms with E-state index < -0.39 is 10.0 Å². The Morgan fingerprint density at radius 2 is 2.00 bits per heavy atom. The molecule has 0 aliphatic carbocycles. The largest absolute Gasteiger partial charge is 0.355 e. The molecule has 1 N–H and O–H groups in total. The molecule has 2 aromatic carbocycles. The van der Waals surface area contributed by atoms with E-state index in [2.05, 4.69) is 9.71 Å². The van der Waals surface area contributed by atoms with E-state index >= 15 is 0 Å². The van der Waals surface area contributed by atoms with E-state index in [9.17, 15) is 13.2 Å². The average molecular weight is 404 g/mol. The van der Waals surface area contributed by atoms with Gasteiger partial charge in [0.25, 0.3) is 10.0 Å². The van der Waals surface area contributed by atoms with E-state index in [1.807, 2.05) is 4.90 Å². The number of amidine groups is 1. The van der Waals surface area contributed by atoms with Gasteiger partial charge in [0, 0.05) is 29.4 Å². The maximum absolute atomic E-state index is 12.7. The fourth-order valence-electron chi connectivity index (χ4n) is 3.51. The summed E-state index contributed by atoms with van der Waals surface area (Å²) in [5, 5.41) is 3.45. The number of nitrogens with one attached hydrogen (secondary N) is 1. The second-order valence-electron chi connectivity index (χ2n) is 6.67. The number of piperidine rings is 1. The van der Waals surface area contributed by atoms with Crippen LogP contribution in [-0.2, 0) is 14.8 Å². The Hall–Kier alpha value is -2.38. The first-order valence-corrected chi connectivity index (χ1v) is 10.5. The molecule has 6 nitrogen and oxygen atoms in total. The number of fused-ring (bicyclic) bond motifs is 1. The summed E-state index contributed by atoms with van der Waals surface area (Å²) in [4.78, 5) is 14.8. The van der Waals surface area contributed by atoms with Crippen LogP contribution in [0, 0.1) is 5.92 Å². The predicted molar refractivity (Wildman–Crippen MR) is 105 cm³/mol. The van der Waals surface area contributed by atoms with Crippen molar-refractivity contribution in [1.29, 1.82) is 0 Å². The summed E-state index contributed by atoms with van der Waals surface area (Å²) in [6.45, 7) is 1.10. The second-order valence-corrected chi connectivity index (χ2v) is 8.68. The van der Waals surface area contributed by atoms with Crippen molar-refractivity contribution in [3.63, 3.8) is 0 Å². The zero-order valence-corrected chi connectivity index (χ0v) is 16.0. The summed E-state index contributed by atoms with van der Waals surface area (Å²) in [6.07, 6.45) is 1.53. The molecule has 27 heavy (non-hydrogen) atoms. The Balaban J connectivity index is 1.53. The summed E-state index contributed by atoms with van der Waals surface area (Å²) >= 11 is 5.97. The maximum Gasteiger partial charge on any atom is 0.285 e. The molecule has 4 rings (SSSR count). The Morgan fingerprint density at radius 1 is 1.19 bits per heavy atom. The molecule has 2 heterocycles. The Bertz CT molecular complexity index is 1040. The monoisotopic (exact) mass is 403 g/mol. The Kier molecular flexibility index (Phi) is 4.65. The van der Waals surface area contributed by atoms with E-state index in [4.69, 9.17) is 11.6 Å². The average Bonchev–Trinajstić information content (AvgIpc) is 2.93. The fraction of sp³-hybridized carbons (Fsp3) is 0.263. The van der Waals surface area contributed by atoms with Gasteiger partial charge in [0.15, 0.2) is 5.84 Å². The van der Waals surface area contributed by atoms with Crippen molar-refractivity contribution in [2.45, 2.75) is 17.7 Å². The standard InChI is InChI=1S/C19H18ClN3O3S/c20-14-6-3-7-15(11-14)21-19(24)13-5-4-10-23(12-13)18-16-8-1-2-9-17(16)27(25,26)22-18/h1-3,6-9,11,13H,4-5,10,12H2,(H,21,24)/t13-/m1/s1. The first kappa shape index (κ1) is 18.0. The first-order chi connectivity index (χ1) is 12.9. The zero-order valence-electron chi connectivity index (χ0n) is 14.4. The highest BCUT2D eigenvalue weighted by atomic mass is 35.5. The van der Waals surface area contributed by atoms with Crippen LogP contribution in [0.5, 0.6) is 0 Å². The Morgan fingerprint density at radius 3 is 2.81 bits per heavy atom. The van der Waals surface area contributed by atoms with Gasteiger partial charge in [-0.3, -0.25) is 4.79 Å². The predicted octanol–water partition coefficient (Wildman–Crippen LogP) is 3.14. The number of amides is 1. The van der Waals surface area contributed by atoms with Crippen molar-refractivity contribution in [1.82, 2.24) is 4.90 Å². The lowest BCUT2D eigenvalue weighted by Crippen LogP contribution is -2.43. The molecule has 2 aromatic rings. The van der Waals surface area contributed by atoms with E-state index in [1.165, 1.54) is 0 Å². The summed E-state index contributed by atoms with van der Waals surface area (Å²) in [5.41, 5.74) is 1.25. The van der Waals surface area contributed by atoms with Gasteiger partial charge in [-0.15, -0.1) is 4.40 Å². The van der Waals surface area contributed by atoms with Gasteiger partial charge in [0.1, 0.15) is 4.90 Å². The summed E-state index contributed by atoms with van der Waals surface area (Å²) in [6, 6.07) is 13.8. The van der Waals surface area contributed by atoms with Crippen LogP contribution in [0.4, 0.5) is 5.69 Å². The van der Waals surface area contributed by atoms with Gasteiger partial charge in [0.2, 0.25) is 5.91 Å². The summed E-state index contributed by atoms with van der Waals surface area (Å²) in [7, 11) is -3.66. The number of carbonyl (C=O) groups excluding carboxylic acids is 1. The molecule has 1 amide bonds. The van der Waals surface area contributed by atoms with Gasteiger partial charge in [-0.1, -0.05) is 29.8 Å². The molecule has 140 valence electrons. The molecular weight excluding hydrogens is 386 g/mol. The summed E-state index contributed by atoms with van der Waals surface area (Å²) < 4.78 is 28.5. The second kappa shape index (κ2) is 6.98. The summed E-state index contributed by atoms with van der Waals surface area (Å²) in [5.74, 6) is 0.0819. The number of rotatable bonds is 2. The molecule has 1 fully saturated rings. The van der Waals surface area contributed by atoms with Gasteiger partial charge in [0.05, 0.1) is 5.92 Å². The van der Waals surface area contributed by atoms with Crippen molar-refractivity contribution in [3.05, 3.63) is 59.1 Å². The lowest BCUT2D eigenvalue weighted by atomic mass is 9.96. The SMILES string of the molecule is O=C(Nc1cccc(Cl)c1)[C@@H]1CCCN(C2=NS(=O)(=O)c3ccccc32)C1. The molecule has 0 radical (unpaired) electrons. The molecule has 0 bridgehead atoms. The Labute approximate surface area is 162 Å². The van der Waals surface area contributed by atoms with Crippen molar-refractivity contribution in [2.75, 3.05) is 18.4 Å². The topological polar surface area (TPSA) is 78.8 Å². The molecule has 0 saturated carbocycles. The number of benzene rings is 2. The number of carbonyl (C=O) groups is 1.